The maximum Gasteiger partial charge on any atom is 0.335 e. The molecule has 0 amide bonds. The van der Waals surface area contributed by atoms with Crippen molar-refractivity contribution in [1.82, 2.24) is 15.3 Å². The Morgan fingerprint density at radius 2 is 1.76 bits per heavy atom. The molecule has 7 heteroatoms. The molecule has 2 aromatic heterocycles. The van der Waals surface area contributed by atoms with E-state index in [0.29, 0.717) is 11.1 Å². The monoisotopic (exact) mass is 466 g/mol. The summed E-state index contributed by atoms with van der Waals surface area (Å²) in [5, 5.41) is 11.6. The average molecular weight is 467 g/mol. The Balaban J connectivity index is 0.000000653. The minimum atomic E-state index is -0.875. The third kappa shape index (κ3) is 10.4. The number of hydrogen-bond donors (Lipinski definition) is 3. The van der Waals surface area contributed by atoms with Gasteiger partial charge in [-0.3, -0.25) is 14.8 Å². The first kappa shape index (κ1) is 30.4. The molecule has 184 valence electrons. The average Bonchev–Trinajstić information content (AvgIpc) is 3.29. The number of aldehydes is 1. The Labute approximate surface area is 203 Å². The Morgan fingerprint density at radius 1 is 1.12 bits per heavy atom. The lowest BCUT2D eigenvalue weighted by Crippen LogP contribution is -2.11. The summed E-state index contributed by atoms with van der Waals surface area (Å²) in [7, 11) is 3.60. The third-order valence-electron chi connectivity index (χ3n) is 4.34. The van der Waals surface area contributed by atoms with Gasteiger partial charge in [-0.05, 0) is 44.3 Å². The summed E-state index contributed by atoms with van der Waals surface area (Å²) in [5.74, 6) is -0.875. The number of carboxylic acid groups (broad SMARTS) is 1. The Hall–Kier alpha value is -3.58. The van der Waals surface area contributed by atoms with E-state index in [0.717, 1.165) is 47.5 Å². The van der Waals surface area contributed by atoms with E-state index < -0.39 is 5.97 Å². The van der Waals surface area contributed by atoms with Crippen LogP contribution >= 0.6 is 0 Å². The summed E-state index contributed by atoms with van der Waals surface area (Å²) in [6.45, 7) is 10.7. The molecule has 0 atom stereocenters. The summed E-state index contributed by atoms with van der Waals surface area (Å²) >= 11 is 0. The van der Waals surface area contributed by atoms with Gasteiger partial charge in [-0.1, -0.05) is 45.4 Å². The van der Waals surface area contributed by atoms with Crippen molar-refractivity contribution in [2.45, 2.75) is 41.0 Å². The molecule has 2 heterocycles. The zero-order valence-electron chi connectivity index (χ0n) is 21.3. The Morgan fingerprint density at radius 3 is 2.29 bits per heavy atom. The maximum absolute atomic E-state index is 11.1. The number of aromatic amines is 1. The normalized spacial score (nSPS) is 9.62. The fourth-order valence-corrected chi connectivity index (χ4v) is 2.75. The van der Waals surface area contributed by atoms with E-state index in [1.165, 1.54) is 0 Å². The second-order valence-corrected chi connectivity index (χ2v) is 6.62. The molecule has 3 N–H and O–H groups in total. The van der Waals surface area contributed by atoms with Crippen molar-refractivity contribution < 1.29 is 14.7 Å². The van der Waals surface area contributed by atoms with E-state index in [-0.39, 0.29) is 0 Å². The molecule has 0 aliphatic carbocycles. The predicted molar refractivity (Wildman–Crippen MR) is 141 cm³/mol. The van der Waals surface area contributed by atoms with Crippen LogP contribution in [0.1, 0.15) is 65.4 Å². The quantitative estimate of drug-likeness (QED) is 0.317. The van der Waals surface area contributed by atoms with Crippen molar-refractivity contribution in [2.75, 3.05) is 20.6 Å². The number of carbonyl (C=O) groups is 2. The van der Waals surface area contributed by atoms with Crippen LogP contribution in [0.25, 0.3) is 11.3 Å². The first-order valence-corrected chi connectivity index (χ1v) is 11.5. The molecular formula is C27H38N4O3. The highest BCUT2D eigenvalue weighted by molar-refractivity contribution is 5.87. The summed E-state index contributed by atoms with van der Waals surface area (Å²) in [6.07, 6.45) is 5.12. The number of carbonyl (C=O) groups excluding carboxylic acids is 1. The fourth-order valence-electron chi connectivity index (χ4n) is 2.75. The van der Waals surface area contributed by atoms with Crippen LogP contribution in [0, 0.1) is 6.92 Å². The smallest absolute Gasteiger partial charge is 0.335 e. The number of benzene rings is 1. The van der Waals surface area contributed by atoms with Crippen molar-refractivity contribution in [3.63, 3.8) is 0 Å². The van der Waals surface area contributed by atoms with Crippen molar-refractivity contribution >= 4 is 18.5 Å². The van der Waals surface area contributed by atoms with Crippen molar-refractivity contribution in [3.05, 3.63) is 76.7 Å². The van der Waals surface area contributed by atoms with Gasteiger partial charge in [-0.15, -0.1) is 0 Å². The third-order valence-corrected chi connectivity index (χ3v) is 4.34. The van der Waals surface area contributed by atoms with Crippen LogP contribution in [0.15, 0.2) is 53.7 Å². The number of aromatic nitrogens is 2. The predicted octanol–water partition coefficient (Wildman–Crippen LogP) is 5.45. The number of pyridine rings is 1. The van der Waals surface area contributed by atoms with Crippen LogP contribution in [-0.4, -0.2) is 54.2 Å². The molecule has 7 nitrogen and oxygen atoms in total. The van der Waals surface area contributed by atoms with Gasteiger partial charge in [-0.2, -0.15) is 0 Å². The van der Waals surface area contributed by atoms with Gasteiger partial charge < -0.3 is 15.4 Å². The number of hydrogen-bond acceptors (Lipinski definition) is 5. The lowest BCUT2D eigenvalue weighted by atomic mass is 10.1. The first-order chi connectivity index (χ1) is 16.5. The molecule has 3 aromatic rings. The zero-order valence-corrected chi connectivity index (χ0v) is 21.3. The number of aryl methyl sites for hydroxylation is 1. The molecule has 0 saturated carbocycles. The van der Waals surface area contributed by atoms with Crippen LogP contribution in [0.5, 0.6) is 0 Å². The molecular weight excluding hydrogens is 428 g/mol. The van der Waals surface area contributed by atoms with Crippen molar-refractivity contribution in [2.24, 2.45) is 4.99 Å². The largest absolute Gasteiger partial charge is 0.478 e. The molecule has 1 aromatic carbocycles. The number of carboxylic acids is 1. The molecule has 0 fully saturated rings. The van der Waals surface area contributed by atoms with Crippen LogP contribution in [0.2, 0.25) is 0 Å². The van der Waals surface area contributed by atoms with Gasteiger partial charge in [0.25, 0.3) is 0 Å². The lowest BCUT2D eigenvalue weighted by molar-refractivity contribution is 0.0696. The van der Waals surface area contributed by atoms with Gasteiger partial charge in [0.1, 0.15) is 0 Å². The van der Waals surface area contributed by atoms with E-state index in [2.05, 4.69) is 20.3 Å². The standard InChI is InChI=1S/C15H18N4O.C8H8O2.2C2H6/c1-16-5-4-14-12(10-20)8-15(19-14)11-3-6-18-13(7-11)9-17-2;1-6-2-4-7(5-3-6)8(9)10;2*1-2/h3,6-10,16,19H,4-5H2,1-2H3;2-5H,1H3,(H,9,10);2*1-2H3. The van der Waals surface area contributed by atoms with E-state index in [1.807, 2.05) is 59.9 Å². The number of aliphatic imine (C=N–C) groups is 1. The SMILES string of the molecule is CC.CC.CN=Cc1cc(-c2cc(C=O)c(CCNC)[nH]2)ccn1.Cc1ccc(C(=O)O)cc1. The second-order valence-electron chi connectivity index (χ2n) is 6.62. The number of likely N-dealkylation sites (N-methyl/N-ethyl adjacent to an activating group) is 1. The molecule has 0 aliphatic rings. The highest BCUT2D eigenvalue weighted by atomic mass is 16.4. The van der Waals surface area contributed by atoms with Gasteiger partial charge in [0.2, 0.25) is 0 Å². The first-order valence-electron chi connectivity index (χ1n) is 11.5. The molecule has 0 radical (unpaired) electrons. The van der Waals surface area contributed by atoms with Crippen LogP contribution in [0.4, 0.5) is 0 Å². The van der Waals surface area contributed by atoms with E-state index in [1.54, 1.807) is 43.7 Å². The molecule has 0 aliphatic heterocycles. The van der Waals surface area contributed by atoms with Gasteiger partial charge in [0, 0.05) is 54.9 Å². The van der Waals surface area contributed by atoms with E-state index in [9.17, 15) is 9.59 Å². The van der Waals surface area contributed by atoms with Crippen LogP contribution in [0.3, 0.4) is 0 Å². The van der Waals surface area contributed by atoms with E-state index >= 15 is 0 Å². The Kier molecular flexibility index (Phi) is 16.0. The summed E-state index contributed by atoms with van der Waals surface area (Å²) in [5.41, 5.74) is 5.78. The minimum Gasteiger partial charge on any atom is -0.478 e. The topological polar surface area (TPSA) is 107 Å². The van der Waals surface area contributed by atoms with Gasteiger partial charge in [0.05, 0.1) is 11.3 Å². The second kappa shape index (κ2) is 17.9. The molecule has 34 heavy (non-hydrogen) atoms. The summed E-state index contributed by atoms with van der Waals surface area (Å²) in [6, 6.07) is 12.5. The van der Waals surface area contributed by atoms with Gasteiger partial charge in [0.15, 0.2) is 6.29 Å². The molecule has 0 saturated heterocycles. The van der Waals surface area contributed by atoms with Crippen molar-refractivity contribution in [1.29, 1.82) is 0 Å². The van der Waals surface area contributed by atoms with Crippen LogP contribution < -0.4 is 5.32 Å². The highest BCUT2D eigenvalue weighted by Gasteiger charge is 2.09. The number of nitrogens with zero attached hydrogens (tertiary/aromatic N) is 2. The molecule has 0 unspecified atom stereocenters. The zero-order chi connectivity index (χ0) is 25.9. The number of rotatable bonds is 7. The highest BCUT2D eigenvalue weighted by Crippen LogP contribution is 2.21. The maximum atomic E-state index is 11.1. The van der Waals surface area contributed by atoms with Gasteiger partial charge in [-0.25, -0.2) is 4.79 Å². The van der Waals surface area contributed by atoms with Crippen molar-refractivity contribution in [3.8, 4) is 11.3 Å². The van der Waals surface area contributed by atoms with Crippen LogP contribution in [-0.2, 0) is 6.42 Å². The fraction of sp³-hybridized carbons (Fsp3) is 0.333. The number of nitrogens with one attached hydrogen (secondary N) is 2. The molecule has 0 bridgehead atoms. The minimum absolute atomic E-state index is 0.339. The molecule has 0 spiro atoms. The lowest BCUT2D eigenvalue weighted by Gasteiger charge is -2.00. The summed E-state index contributed by atoms with van der Waals surface area (Å²) in [4.78, 5) is 32.9. The molecule has 3 rings (SSSR count). The Bertz CT molecular complexity index is 1010. The summed E-state index contributed by atoms with van der Waals surface area (Å²) < 4.78 is 0. The number of H-pyrrole nitrogens is 1. The van der Waals surface area contributed by atoms with Gasteiger partial charge >= 0.3 is 5.97 Å². The number of aromatic carboxylic acids is 1. The van der Waals surface area contributed by atoms with E-state index in [4.69, 9.17) is 5.11 Å².